The molecule has 1 aliphatic rings. The van der Waals surface area contributed by atoms with Crippen molar-refractivity contribution in [3.63, 3.8) is 0 Å². The van der Waals surface area contributed by atoms with Crippen LogP contribution in [0.1, 0.15) is 34.7 Å². The minimum Gasteiger partial charge on any atom is -0.362 e. The van der Waals surface area contributed by atoms with E-state index in [-0.39, 0.29) is 10.8 Å². The van der Waals surface area contributed by atoms with Crippen molar-refractivity contribution in [3.8, 4) is 0 Å². The molecule has 3 rings (SSSR count). The van der Waals surface area contributed by atoms with E-state index in [1.54, 1.807) is 13.8 Å². The largest absolute Gasteiger partial charge is 0.362 e. The van der Waals surface area contributed by atoms with Crippen LogP contribution in [0, 0.1) is 13.8 Å². The highest BCUT2D eigenvalue weighted by Crippen LogP contribution is 2.20. The van der Waals surface area contributed by atoms with Crippen LogP contribution in [0.25, 0.3) is 0 Å². The van der Waals surface area contributed by atoms with Gasteiger partial charge in [0, 0.05) is 25.7 Å². The smallest absolute Gasteiger partial charge is 0.283 e. The van der Waals surface area contributed by atoms with Gasteiger partial charge in [0.1, 0.15) is 17.2 Å². The maximum absolute atomic E-state index is 12.4. The third-order valence-electron chi connectivity index (χ3n) is 4.23. The van der Waals surface area contributed by atoms with E-state index in [0.717, 1.165) is 13.0 Å². The third-order valence-corrected chi connectivity index (χ3v) is 5.55. The molecule has 0 spiro atoms. The van der Waals surface area contributed by atoms with E-state index in [1.807, 2.05) is 11.9 Å². The quantitative estimate of drug-likeness (QED) is 0.878. The number of aromatic nitrogens is 1. The molecular formula is C17H20N4O4S. The van der Waals surface area contributed by atoms with E-state index in [0.29, 0.717) is 35.0 Å². The Morgan fingerprint density at radius 3 is 2.50 bits per heavy atom. The summed E-state index contributed by atoms with van der Waals surface area (Å²) in [6.45, 7) is 4.14. The van der Waals surface area contributed by atoms with Gasteiger partial charge in [-0.3, -0.25) is 4.79 Å². The van der Waals surface area contributed by atoms with Crippen molar-refractivity contribution in [1.82, 2.24) is 10.1 Å². The lowest BCUT2D eigenvalue weighted by Gasteiger charge is -2.11. The van der Waals surface area contributed by atoms with Crippen LogP contribution >= 0.6 is 0 Å². The van der Waals surface area contributed by atoms with Crippen LogP contribution < -0.4 is 5.32 Å². The van der Waals surface area contributed by atoms with Gasteiger partial charge in [-0.15, -0.1) is 4.40 Å². The Balaban J connectivity index is 1.77. The number of sulfonamides is 1. The summed E-state index contributed by atoms with van der Waals surface area (Å²) in [4.78, 5) is 14.2. The molecule has 1 aromatic carbocycles. The van der Waals surface area contributed by atoms with Crippen molar-refractivity contribution in [2.24, 2.45) is 4.40 Å². The Hall–Kier alpha value is -2.68. The SMILES string of the molecule is Cc1noc(C)c1C(=O)Nc1ccc(S(=O)(=O)N=C2CCCN2C)cc1. The van der Waals surface area contributed by atoms with Gasteiger partial charge in [-0.05, 0) is 44.5 Å². The normalized spacial score (nSPS) is 16.3. The van der Waals surface area contributed by atoms with Crippen molar-refractivity contribution >= 4 is 27.5 Å². The zero-order valence-corrected chi connectivity index (χ0v) is 15.6. The molecule has 1 aliphatic heterocycles. The van der Waals surface area contributed by atoms with E-state index in [4.69, 9.17) is 4.52 Å². The molecular weight excluding hydrogens is 356 g/mol. The van der Waals surface area contributed by atoms with Gasteiger partial charge < -0.3 is 14.7 Å². The molecule has 9 heteroatoms. The number of amidine groups is 1. The Bertz CT molecular complexity index is 942. The molecule has 1 aromatic heterocycles. The highest BCUT2D eigenvalue weighted by Gasteiger charge is 2.21. The lowest BCUT2D eigenvalue weighted by molar-refractivity contribution is 0.102. The minimum absolute atomic E-state index is 0.0839. The van der Waals surface area contributed by atoms with Gasteiger partial charge in [0.25, 0.3) is 15.9 Å². The first-order valence-electron chi connectivity index (χ1n) is 8.17. The Morgan fingerprint density at radius 2 is 1.96 bits per heavy atom. The fraction of sp³-hybridized carbons (Fsp3) is 0.353. The number of amides is 1. The maximum Gasteiger partial charge on any atom is 0.283 e. The molecule has 0 aliphatic carbocycles. The number of benzene rings is 1. The number of rotatable bonds is 4. The lowest BCUT2D eigenvalue weighted by atomic mass is 10.2. The molecule has 0 saturated carbocycles. The average molecular weight is 376 g/mol. The zero-order chi connectivity index (χ0) is 18.9. The highest BCUT2D eigenvalue weighted by molar-refractivity contribution is 7.90. The second kappa shape index (κ2) is 6.91. The number of carbonyl (C=O) groups excluding carboxylic acids is 1. The predicted molar refractivity (Wildman–Crippen MR) is 96.9 cm³/mol. The van der Waals surface area contributed by atoms with Gasteiger partial charge in [-0.25, -0.2) is 0 Å². The summed E-state index contributed by atoms with van der Waals surface area (Å²) < 4.78 is 33.7. The fourth-order valence-electron chi connectivity index (χ4n) is 2.81. The predicted octanol–water partition coefficient (Wildman–Crippen LogP) is 2.36. The third kappa shape index (κ3) is 3.62. The number of aryl methyl sites for hydroxylation is 2. The fourth-order valence-corrected chi connectivity index (χ4v) is 3.91. The molecule has 2 aromatic rings. The molecule has 1 N–H and O–H groups in total. The second-order valence-electron chi connectivity index (χ2n) is 6.19. The zero-order valence-electron chi connectivity index (χ0n) is 14.8. The summed E-state index contributed by atoms with van der Waals surface area (Å²) in [5.74, 6) is 0.640. The number of hydrogen-bond donors (Lipinski definition) is 1. The van der Waals surface area contributed by atoms with Crippen LogP contribution in [0.3, 0.4) is 0 Å². The number of nitrogens with zero attached hydrogens (tertiary/aromatic N) is 3. The number of likely N-dealkylation sites (tertiary alicyclic amines) is 1. The van der Waals surface area contributed by atoms with Crippen molar-refractivity contribution < 1.29 is 17.7 Å². The summed E-state index contributed by atoms with van der Waals surface area (Å²) in [6, 6.07) is 5.91. The average Bonchev–Trinajstić information content (AvgIpc) is 3.13. The van der Waals surface area contributed by atoms with E-state index in [9.17, 15) is 13.2 Å². The number of carbonyl (C=O) groups is 1. The molecule has 1 fully saturated rings. The maximum atomic E-state index is 12.4. The van der Waals surface area contributed by atoms with E-state index >= 15 is 0 Å². The van der Waals surface area contributed by atoms with E-state index in [2.05, 4.69) is 14.9 Å². The lowest BCUT2D eigenvalue weighted by Crippen LogP contribution is -2.20. The highest BCUT2D eigenvalue weighted by atomic mass is 32.2. The van der Waals surface area contributed by atoms with Crippen molar-refractivity contribution in [2.75, 3.05) is 18.9 Å². The van der Waals surface area contributed by atoms with Gasteiger partial charge in [-0.1, -0.05) is 5.16 Å². The molecule has 0 atom stereocenters. The number of nitrogens with one attached hydrogen (secondary N) is 1. The van der Waals surface area contributed by atoms with E-state index < -0.39 is 10.0 Å². The Morgan fingerprint density at radius 1 is 1.27 bits per heavy atom. The van der Waals surface area contributed by atoms with Crippen LogP contribution in [0.4, 0.5) is 5.69 Å². The number of anilines is 1. The van der Waals surface area contributed by atoms with Gasteiger partial charge in [0.05, 0.1) is 10.6 Å². The Kier molecular flexibility index (Phi) is 4.82. The first kappa shape index (κ1) is 18.1. The van der Waals surface area contributed by atoms with Crippen LogP contribution in [0.15, 0.2) is 38.1 Å². The standard InChI is InChI=1S/C17H20N4O4S/c1-11-16(12(2)25-19-11)17(22)18-13-6-8-14(9-7-13)26(23,24)20-15-5-4-10-21(15)3/h6-9H,4-5,10H2,1-3H3,(H,18,22). The van der Waals surface area contributed by atoms with Crippen molar-refractivity contribution in [3.05, 3.63) is 41.3 Å². The van der Waals surface area contributed by atoms with Crippen molar-refractivity contribution in [2.45, 2.75) is 31.6 Å². The topological polar surface area (TPSA) is 105 Å². The summed E-state index contributed by atoms with van der Waals surface area (Å²) in [6.07, 6.45) is 1.55. The first-order chi connectivity index (χ1) is 12.3. The summed E-state index contributed by atoms with van der Waals surface area (Å²) >= 11 is 0. The molecule has 8 nitrogen and oxygen atoms in total. The van der Waals surface area contributed by atoms with Gasteiger partial charge in [-0.2, -0.15) is 8.42 Å². The molecule has 0 unspecified atom stereocenters. The van der Waals surface area contributed by atoms with Gasteiger partial charge in [0.2, 0.25) is 0 Å². The summed E-state index contributed by atoms with van der Waals surface area (Å²) in [7, 11) is -1.94. The monoisotopic (exact) mass is 376 g/mol. The van der Waals surface area contributed by atoms with Crippen LogP contribution in [-0.4, -0.2) is 43.8 Å². The van der Waals surface area contributed by atoms with Crippen LogP contribution in [0.2, 0.25) is 0 Å². The molecule has 26 heavy (non-hydrogen) atoms. The van der Waals surface area contributed by atoms with Crippen LogP contribution in [0.5, 0.6) is 0 Å². The number of hydrogen-bond acceptors (Lipinski definition) is 5. The molecule has 1 amide bonds. The van der Waals surface area contributed by atoms with Crippen LogP contribution in [-0.2, 0) is 10.0 Å². The Labute approximate surface area is 151 Å². The molecule has 138 valence electrons. The minimum atomic E-state index is -3.77. The molecule has 0 radical (unpaired) electrons. The van der Waals surface area contributed by atoms with E-state index in [1.165, 1.54) is 24.3 Å². The summed E-state index contributed by atoms with van der Waals surface area (Å²) in [5.41, 5.74) is 1.34. The molecule has 1 saturated heterocycles. The second-order valence-corrected chi connectivity index (χ2v) is 7.79. The van der Waals surface area contributed by atoms with Gasteiger partial charge in [0.15, 0.2) is 0 Å². The van der Waals surface area contributed by atoms with Crippen molar-refractivity contribution in [1.29, 1.82) is 0 Å². The van der Waals surface area contributed by atoms with Gasteiger partial charge >= 0.3 is 0 Å². The summed E-state index contributed by atoms with van der Waals surface area (Å²) in [5, 5.41) is 6.45. The molecule has 2 heterocycles. The molecule has 0 bridgehead atoms. The first-order valence-corrected chi connectivity index (χ1v) is 9.61.